The van der Waals surface area contributed by atoms with Gasteiger partial charge in [-0.3, -0.25) is 9.69 Å². The Labute approximate surface area is 116 Å². The molecule has 19 heavy (non-hydrogen) atoms. The predicted octanol–water partition coefficient (Wildman–Crippen LogP) is 3.05. The summed E-state index contributed by atoms with van der Waals surface area (Å²) in [7, 11) is 0. The first-order valence-electron chi connectivity index (χ1n) is 7.02. The topological polar surface area (TPSA) is 40.5 Å². The molecule has 106 valence electrons. The van der Waals surface area contributed by atoms with E-state index in [1.54, 1.807) is 0 Å². The third-order valence-electron chi connectivity index (χ3n) is 3.24. The molecular formula is C16H25NO2. The SMILES string of the molecule is CCC(Cc1ccccc1)N(CC(=O)O)CC(C)C. The minimum absolute atomic E-state index is 0.128. The largest absolute Gasteiger partial charge is 0.480 e. The van der Waals surface area contributed by atoms with Gasteiger partial charge in [0.05, 0.1) is 6.54 Å². The van der Waals surface area contributed by atoms with Crippen LogP contribution in [0.5, 0.6) is 0 Å². The highest BCUT2D eigenvalue weighted by molar-refractivity contribution is 5.69. The Morgan fingerprint density at radius 2 is 1.89 bits per heavy atom. The summed E-state index contributed by atoms with van der Waals surface area (Å²) in [6, 6.07) is 10.6. The molecule has 0 fully saturated rings. The summed E-state index contributed by atoms with van der Waals surface area (Å²) in [4.78, 5) is 13.1. The van der Waals surface area contributed by atoms with Crippen LogP contribution in [0.1, 0.15) is 32.8 Å². The Morgan fingerprint density at radius 1 is 1.26 bits per heavy atom. The van der Waals surface area contributed by atoms with Crippen LogP contribution >= 0.6 is 0 Å². The summed E-state index contributed by atoms with van der Waals surface area (Å²) in [5, 5.41) is 9.07. The van der Waals surface area contributed by atoms with Crippen molar-refractivity contribution in [2.75, 3.05) is 13.1 Å². The van der Waals surface area contributed by atoms with Crippen molar-refractivity contribution in [1.82, 2.24) is 4.90 Å². The molecule has 1 rings (SSSR count). The standard InChI is InChI=1S/C16H25NO2/c1-4-15(10-14-8-6-5-7-9-14)17(11-13(2)3)12-16(18)19/h5-9,13,15H,4,10-12H2,1-3H3,(H,18,19). The van der Waals surface area contributed by atoms with Crippen molar-refractivity contribution in [3.8, 4) is 0 Å². The van der Waals surface area contributed by atoms with Gasteiger partial charge in [-0.2, -0.15) is 0 Å². The molecule has 0 saturated heterocycles. The maximum absolute atomic E-state index is 11.0. The molecule has 1 aromatic rings. The van der Waals surface area contributed by atoms with Crippen molar-refractivity contribution in [1.29, 1.82) is 0 Å². The fraction of sp³-hybridized carbons (Fsp3) is 0.562. The van der Waals surface area contributed by atoms with Crippen LogP contribution in [0.4, 0.5) is 0 Å². The van der Waals surface area contributed by atoms with Gasteiger partial charge in [-0.1, -0.05) is 51.1 Å². The molecule has 3 nitrogen and oxygen atoms in total. The Morgan fingerprint density at radius 3 is 2.37 bits per heavy atom. The molecule has 0 saturated carbocycles. The number of hydrogen-bond donors (Lipinski definition) is 1. The monoisotopic (exact) mass is 263 g/mol. The van der Waals surface area contributed by atoms with Gasteiger partial charge in [0.2, 0.25) is 0 Å². The number of carbonyl (C=O) groups is 1. The summed E-state index contributed by atoms with van der Waals surface area (Å²) >= 11 is 0. The van der Waals surface area contributed by atoms with E-state index in [9.17, 15) is 4.79 Å². The van der Waals surface area contributed by atoms with Gasteiger partial charge in [0.25, 0.3) is 0 Å². The van der Waals surface area contributed by atoms with Gasteiger partial charge in [-0.05, 0) is 24.3 Å². The van der Waals surface area contributed by atoms with Gasteiger partial charge >= 0.3 is 5.97 Å². The number of carboxylic acids is 1. The van der Waals surface area contributed by atoms with Gasteiger partial charge in [-0.15, -0.1) is 0 Å². The quantitative estimate of drug-likeness (QED) is 0.783. The predicted molar refractivity (Wildman–Crippen MR) is 78.3 cm³/mol. The number of carboxylic acid groups (broad SMARTS) is 1. The molecule has 0 aliphatic heterocycles. The molecule has 0 radical (unpaired) electrons. The number of nitrogens with zero attached hydrogens (tertiary/aromatic N) is 1. The molecule has 0 bridgehead atoms. The van der Waals surface area contributed by atoms with Crippen molar-refractivity contribution < 1.29 is 9.90 Å². The molecule has 1 atom stereocenters. The second-order valence-corrected chi connectivity index (χ2v) is 5.47. The molecule has 0 amide bonds. The number of benzene rings is 1. The van der Waals surface area contributed by atoms with Crippen LogP contribution in [0.25, 0.3) is 0 Å². The second kappa shape index (κ2) is 7.95. The Bertz CT molecular complexity index is 376. The van der Waals surface area contributed by atoms with Gasteiger partial charge < -0.3 is 5.11 Å². The molecule has 1 unspecified atom stereocenters. The Balaban J connectivity index is 2.74. The van der Waals surface area contributed by atoms with E-state index in [0.717, 1.165) is 19.4 Å². The van der Waals surface area contributed by atoms with Crippen molar-refractivity contribution in [3.05, 3.63) is 35.9 Å². The van der Waals surface area contributed by atoms with E-state index in [2.05, 4.69) is 37.8 Å². The second-order valence-electron chi connectivity index (χ2n) is 5.47. The minimum atomic E-state index is -0.743. The fourth-order valence-electron chi connectivity index (χ4n) is 2.40. The Kier molecular flexibility index (Phi) is 6.57. The number of hydrogen-bond acceptors (Lipinski definition) is 2. The van der Waals surface area contributed by atoms with Crippen LogP contribution in [0.3, 0.4) is 0 Å². The average Bonchev–Trinajstić information content (AvgIpc) is 2.35. The van der Waals surface area contributed by atoms with E-state index >= 15 is 0 Å². The van der Waals surface area contributed by atoms with Crippen LogP contribution in [-0.4, -0.2) is 35.1 Å². The van der Waals surface area contributed by atoms with E-state index in [1.807, 2.05) is 18.2 Å². The lowest BCUT2D eigenvalue weighted by Crippen LogP contribution is -2.42. The van der Waals surface area contributed by atoms with E-state index in [4.69, 9.17) is 5.11 Å². The maximum atomic E-state index is 11.0. The van der Waals surface area contributed by atoms with Crippen LogP contribution < -0.4 is 0 Å². The highest BCUT2D eigenvalue weighted by Crippen LogP contribution is 2.14. The molecule has 0 spiro atoms. The molecule has 0 heterocycles. The summed E-state index contributed by atoms with van der Waals surface area (Å²) in [6.07, 6.45) is 1.88. The number of aliphatic carboxylic acids is 1. The van der Waals surface area contributed by atoms with Crippen molar-refractivity contribution >= 4 is 5.97 Å². The molecule has 1 N–H and O–H groups in total. The zero-order valence-corrected chi connectivity index (χ0v) is 12.2. The van der Waals surface area contributed by atoms with Crippen molar-refractivity contribution in [2.45, 2.75) is 39.7 Å². The molecule has 1 aromatic carbocycles. The lowest BCUT2D eigenvalue weighted by Gasteiger charge is -2.31. The third kappa shape index (κ3) is 5.88. The fourth-order valence-corrected chi connectivity index (χ4v) is 2.40. The van der Waals surface area contributed by atoms with Crippen LogP contribution in [0.15, 0.2) is 30.3 Å². The lowest BCUT2D eigenvalue weighted by molar-refractivity contribution is -0.139. The highest BCUT2D eigenvalue weighted by Gasteiger charge is 2.20. The van der Waals surface area contributed by atoms with Gasteiger partial charge in [0.15, 0.2) is 0 Å². The third-order valence-corrected chi connectivity index (χ3v) is 3.24. The number of rotatable bonds is 8. The van der Waals surface area contributed by atoms with E-state index in [1.165, 1.54) is 5.56 Å². The van der Waals surface area contributed by atoms with Gasteiger partial charge in [-0.25, -0.2) is 0 Å². The van der Waals surface area contributed by atoms with Crippen molar-refractivity contribution in [3.63, 3.8) is 0 Å². The molecule has 3 heteroatoms. The molecular weight excluding hydrogens is 238 g/mol. The average molecular weight is 263 g/mol. The van der Waals surface area contributed by atoms with E-state index in [-0.39, 0.29) is 6.54 Å². The lowest BCUT2D eigenvalue weighted by atomic mass is 10.0. The van der Waals surface area contributed by atoms with Crippen LogP contribution in [0.2, 0.25) is 0 Å². The Hall–Kier alpha value is -1.35. The normalized spacial score (nSPS) is 12.9. The minimum Gasteiger partial charge on any atom is -0.480 e. The van der Waals surface area contributed by atoms with Gasteiger partial charge in [0.1, 0.15) is 0 Å². The first-order chi connectivity index (χ1) is 9.02. The van der Waals surface area contributed by atoms with Crippen LogP contribution in [-0.2, 0) is 11.2 Å². The summed E-state index contributed by atoms with van der Waals surface area (Å²) < 4.78 is 0. The zero-order valence-electron chi connectivity index (χ0n) is 12.2. The summed E-state index contributed by atoms with van der Waals surface area (Å²) in [5.41, 5.74) is 1.27. The zero-order chi connectivity index (χ0) is 14.3. The van der Waals surface area contributed by atoms with E-state index < -0.39 is 5.97 Å². The molecule has 0 aliphatic carbocycles. The smallest absolute Gasteiger partial charge is 0.317 e. The summed E-state index contributed by atoms with van der Waals surface area (Å²) in [5.74, 6) is -0.267. The summed E-state index contributed by atoms with van der Waals surface area (Å²) in [6.45, 7) is 7.35. The van der Waals surface area contributed by atoms with E-state index in [0.29, 0.717) is 12.0 Å². The van der Waals surface area contributed by atoms with Crippen LogP contribution in [0, 0.1) is 5.92 Å². The maximum Gasteiger partial charge on any atom is 0.317 e. The highest BCUT2D eigenvalue weighted by atomic mass is 16.4. The molecule has 0 aromatic heterocycles. The first-order valence-corrected chi connectivity index (χ1v) is 7.02. The van der Waals surface area contributed by atoms with Gasteiger partial charge in [0, 0.05) is 12.6 Å². The molecule has 0 aliphatic rings. The van der Waals surface area contributed by atoms with Crippen molar-refractivity contribution in [2.24, 2.45) is 5.92 Å². The first kappa shape index (κ1) is 15.7.